The highest BCUT2D eigenvalue weighted by molar-refractivity contribution is 4.87. The van der Waals surface area contributed by atoms with Crippen LogP contribution in [0.4, 0.5) is 0 Å². The van der Waals surface area contributed by atoms with Crippen LogP contribution < -0.4 is 0 Å². The van der Waals surface area contributed by atoms with Gasteiger partial charge in [-0.25, -0.2) is 0 Å². The van der Waals surface area contributed by atoms with Crippen LogP contribution in [0.1, 0.15) is 64.7 Å². The van der Waals surface area contributed by atoms with Crippen LogP contribution >= 0.6 is 0 Å². The first-order chi connectivity index (χ1) is 6.91. The van der Waals surface area contributed by atoms with Crippen molar-refractivity contribution in [3.8, 4) is 0 Å². The molecule has 0 amide bonds. The fourth-order valence-corrected chi connectivity index (χ4v) is 1.53. The van der Waals surface area contributed by atoms with Gasteiger partial charge in [0.15, 0.2) is 0 Å². The Bertz CT molecular complexity index is 133. The van der Waals surface area contributed by atoms with E-state index in [0.717, 1.165) is 6.42 Å². The Kier molecular flexibility index (Phi) is 12.0. The molecular weight excluding hydrogens is 168 g/mol. The van der Waals surface area contributed by atoms with Crippen LogP contribution in [-0.4, -0.2) is 0 Å². The monoisotopic (exact) mass is 194 g/mol. The van der Waals surface area contributed by atoms with Crippen molar-refractivity contribution in [2.75, 3.05) is 0 Å². The molecule has 0 bridgehead atoms. The third-order valence-electron chi connectivity index (χ3n) is 2.44. The van der Waals surface area contributed by atoms with Gasteiger partial charge in [0.1, 0.15) is 0 Å². The molecule has 0 aliphatic heterocycles. The number of unbranched alkanes of at least 4 members (excludes halogenated alkanes) is 7. The molecule has 0 atom stereocenters. The van der Waals surface area contributed by atoms with Gasteiger partial charge in [0.05, 0.1) is 0 Å². The van der Waals surface area contributed by atoms with E-state index in [-0.39, 0.29) is 0 Å². The summed E-state index contributed by atoms with van der Waals surface area (Å²) in [4.78, 5) is 0. The van der Waals surface area contributed by atoms with E-state index in [1.807, 2.05) is 6.08 Å². The lowest BCUT2D eigenvalue weighted by Crippen LogP contribution is -1.78. The van der Waals surface area contributed by atoms with Crippen molar-refractivity contribution in [2.24, 2.45) is 0 Å². The second-order valence-electron chi connectivity index (χ2n) is 3.91. The molecule has 0 aromatic rings. The second-order valence-corrected chi connectivity index (χ2v) is 3.91. The van der Waals surface area contributed by atoms with Gasteiger partial charge in [-0.3, -0.25) is 0 Å². The Morgan fingerprint density at radius 2 is 1.50 bits per heavy atom. The smallest absolute Gasteiger partial charge is 0.0172 e. The molecule has 0 aliphatic rings. The molecule has 0 heteroatoms. The predicted octanol–water partition coefficient (Wildman–Crippen LogP) is 5.26. The van der Waals surface area contributed by atoms with Crippen molar-refractivity contribution < 1.29 is 0 Å². The number of hydrogen-bond acceptors (Lipinski definition) is 0. The van der Waals surface area contributed by atoms with Crippen LogP contribution in [0.15, 0.2) is 24.8 Å². The van der Waals surface area contributed by atoms with Gasteiger partial charge in [0.25, 0.3) is 0 Å². The van der Waals surface area contributed by atoms with Crippen molar-refractivity contribution in [1.82, 2.24) is 0 Å². The minimum absolute atomic E-state index is 1.02. The quantitative estimate of drug-likeness (QED) is 0.329. The Morgan fingerprint density at radius 1 is 0.857 bits per heavy atom. The molecular formula is C14H26. The lowest BCUT2D eigenvalue weighted by molar-refractivity contribution is 0.592. The molecule has 0 radical (unpaired) electrons. The molecule has 0 spiro atoms. The first-order valence-electron chi connectivity index (χ1n) is 6.17. The SMILES string of the molecule is C=CCC=CCCCCCCCCC. The van der Waals surface area contributed by atoms with Crippen molar-refractivity contribution in [3.05, 3.63) is 24.8 Å². The fraction of sp³-hybridized carbons (Fsp3) is 0.714. The van der Waals surface area contributed by atoms with Crippen LogP contribution in [0.2, 0.25) is 0 Å². The highest BCUT2D eigenvalue weighted by Gasteiger charge is 1.88. The molecule has 0 aromatic carbocycles. The van der Waals surface area contributed by atoms with Crippen molar-refractivity contribution in [3.63, 3.8) is 0 Å². The summed E-state index contributed by atoms with van der Waals surface area (Å²) in [5, 5.41) is 0. The van der Waals surface area contributed by atoms with Crippen molar-refractivity contribution in [2.45, 2.75) is 64.7 Å². The Labute approximate surface area is 90.1 Å². The van der Waals surface area contributed by atoms with Crippen molar-refractivity contribution in [1.29, 1.82) is 0 Å². The average molecular weight is 194 g/mol. The molecule has 0 aromatic heterocycles. The van der Waals surface area contributed by atoms with Gasteiger partial charge in [-0.05, 0) is 19.3 Å². The standard InChI is InChI=1S/C14H26/c1-3-5-7-9-11-13-14-12-10-8-6-4-2/h3,7,9H,1,4-6,8,10-14H2,2H3. The molecule has 0 fully saturated rings. The zero-order valence-corrected chi connectivity index (χ0v) is 9.80. The fourth-order valence-electron chi connectivity index (χ4n) is 1.53. The van der Waals surface area contributed by atoms with E-state index in [4.69, 9.17) is 0 Å². The van der Waals surface area contributed by atoms with Crippen LogP contribution in [0.5, 0.6) is 0 Å². The zero-order valence-electron chi connectivity index (χ0n) is 9.80. The van der Waals surface area contributed by atoms with Gasteiger partial charge in [-0.15, -0.1) is 6.58 Å². The van der Waals surface area contributed by atoms with Gasteiger partial charge in [-0.1, -0.05) is 63.7 Å². The largest absolute Gasteiger partial charge is 0.103 e. The van der Waals surface area contributed by atoms with Gasteiger partial charge in [-0.2, -0.15) is 0 Å². The molecule has 14 heavy (non-hydrogen) atoms. The third-order valence-corrected chi connectivity index (χ3v) is 2.44. The highest BCUT2D eigenvalue weighted by Crippen LogP contribution is 2.08. The van der Waals surface area contributed by atoms with Gasteiger partial charge < -0.3 is 0 Å². The van der Waals surface area contributed by atoms with E-state index in [1.54, 1.807) is 0 Å². The minimum atomic E-state index is 1.02. The summed E-state index contributed by atoms with van der Waals surface area (Å²) in [5.41, 5.74) is 0. The van der Waals surface area contributed by atoms with E-state index >= 15 is 0 Å². The van der Waals surface area contributed by atoms with E-state index in [0.29, 0.717) is 0 Å². The molecule has 0 unspecified atom stereocenters. The van der Waals surface area contributed by atoms with Crippen LogP contribution in [0.25, 0.3) is 0 Å². The van der Waals surface area contributed by atoms with Crippen molar-refractivity contribution >= 4 is 0 Å². The molecule has 0 saturated carbocycles. The molecule has 0 nitrogen and oxygen atoms in total. The second kappa shape index (κ2) is 12.5. The maximum Gasteiger partial charge on any atom is -0.0172 e. The summed E-state index contributed by atoms with van der Waals surface area (Å²) >= 11 is 0. The summed E-state index contributed by atoms with van der Waals surface area (Å²) in [5.74, 6) is 0. The van der Waals surface area contributed by atoms with Crippen LogP contribution in [0.3, 0.4) is 0 Å². The first kappa shape index (κ1) is 13.5. The zero-order chi connectivity index (χ0) is 10.5. The molecule has 0 N–H and O–H groups in total. The summed E-state index contributed by atoms with van der Waals surface area (Å²) in [6.07, 6.45) is 18.5. The maximum atomic E-state index is 3.69. The Morgan fingerprint density at radius 3 is 2.14 bits per heavy atom. The number of rotatable bonds is 10. The first-order valence-corrected chi connectivity index (χ1v) is 6.17. The minimum Gasteiger partial charge on any atom is -0.103 e. The highest BCUT2D eigenvalue weighted by atomic mass is 13.9. The van der Waals surface area contributed by atoms with E-state index < -0.39 is 0 Å². The van der Waals surface area contributed by atoms with Crippen LogP contribution in [0, 0.1) is 0 Å². The number of allylic oxidation sites excluding steroid dienone is 3. The normalized spacial score (nSPS) is 10.9. The van der Waals surface area contributed by atoms with E-state index in [1.165, 1.54) is 51.4 Å². The predicted molar refractivity (Wildman–Crippen MR) is 66.6 cm³/mol. The third kappa shape index (κ3) is 11.5. The lowest BCUT2D eigenvalue weighted by atomic mass is 10.1. The molecule has 0 rings (SSSR count). The van der Waals surface area contributed by atoms with Gasteiger partial charge in [0, 0.05) is 0 Å². The maximum absolute atomic E-state index is 3.69. The Hall–Kier alpha value is -0.520. The van der Waals surface area contributed by atoms with Gasteiger partial charge in [0.2, 0.25) is 0 Å². The lowest BCUT2D eigenvalue weighted by Gasteiger charge is -1.98. The summed E-state index contributed by atoms with van der Waals surface area (Å²) in [6.45, 7) is 5.95. The number of hydrogen-bond donors (Lipinski definition) is 0. The van der Waals surface area contributed by atoms with Crippen LogP contribution in [-0.2, 0) is 0 Å². The summed E-state index contributed by atoms with van der Waals surface area (Å²) in [6, 6.07) is 0. The Balaban J connectivity index is 2.95. The average Bonchev–Trinajstić information content (AvgIpc) is 2.21. The molecule has 0 aliphatic carbocycles. The topological polar surface area (TPSA) is 0 Å². The van der Waals surface area contributed by atoms with E-state index in [9.17, 15) is 0 Å². The van der Waals surface area contributed by atoms with Gasteiger partial charge >= 0.3 is 0 Å². The summed E-state index contributed by atoms with van der Waals surface area (Å²) < 4.78 is 0. The molecule has 82 valence electrons. The molecule has 0 saturated heterocycles. The summed E-state index contributed by atoms with van der Waals surface area (Å²) in [7, 11) is 0. The molecule has 0 heterocycles. The van der Waals surface area contributed by atoms with E-state index in [2.05, 4.69) is 25.7 Å².